The van der Waals surface area contributed by atoms with Gasteiger partial charge in [-0.05, 0) is 36.2 Å². The third kappa shape index (κ3) is 6.08. The van der Waals surface area contributed by atoms with Gasteiger partial charge in [0.25, 0.3) is 5.91 Å². The Morgan fingerprint density at radius 2 is 1.90 bits per heavy atom. The topological polar surface area (TPSA) is 66.8 Å². The number of ether oxygens (including phenoxy) is 1. The molecule has 0 bridgehead atoms. The van der Waals surface area contributed by atoms with E-state index in [0.29, 0.717) is 24.8 Å². The molecule has 1 amide bonds. The Bertz CT molecular complexity index is 845. The summed E-state index contributed by atoms with van der Waals surface area (Å²) in [6.07, 6.45) is 0.473. The van der Waals surface area contributed by atoms with E-state index >= 15 is 0 Å². The number of benzene rings is 2. The fourth-order valence-corrected chi connectivity index (χ4v) is 4.32. The highest BCUT2D eigenvalue weighted by molar-refractivity contribution is 7.85. The zero-order valence-corrected chi connectivity index (χ0v) is 17.3. The van der Waals surface area contributed by atoms with Crippen LogP contribution in [0.3, 0.4) is 0 Å². The van der Waals surface area contributed by atoms with E-state index in [4.69, 9.17) is 9.84 Å². The van der Waals surface area contributed by atoms with Gasteiger partial charge in [0.15, 0.2) is 6.61 Å². The van der Waals surface area contributed by atoms with Gasteiger partial charge in [0, 0.05) is 19.2 Å². The molecule has 0 saturated carbocycles. The molecule has 1 aliphatic rings. The van der Waals surface area contributed by atoms with Gasteiger partial charge >= 0.3 is 0 Å². The second kappa shape index (κ2) is 11.0. The van der Waals surface area contributed by atoms with Crippen LogP contribution in [0.25, 0.3) is 0 Å². The molecule has 1 aliphatic heterocycles. The molecule has 1 saturated heterocycles. The molecule has 8 heteroatoms. The zero-order chi connectivity index (χ0) is 21.4. The Balaban J connectivity index is 0.00000145. The summed E-state index contributed by atoms with van der Waals surface area (Å²) in [5.74, 6) is -1.30. The summed E-state index contributed by atoms with van der Waals surface area (Å²) in [6, 6.07) is 9.70. The molecule has 0 aromatic heterocycles. The standard InChI is InChI=1S/C19H19F2NO4S.C2H6/c20-14-3-6-18(17(21)9-14)27(25)16-7-8-22(10-16)19(24)12-26-15-4-1-13(11-23)2-5-15;1-2/h1-6,9,16,23H,7-8,10-12H2;1-2H3. The van der Waals surface area contributed by atoms with Crippen LogP contribution < -0.4 is 4.74 Å². The van der Waals surface area contributed by atoms with Gasteiger partial charge in [-0.2, -0.15) is 0 Å². The normalized spacial score (nSPS) is 16.7. The van der Waals surface area contributed by atoms with E-state index in [9.17, 15) is 17.8 Å². The van der Waals surface area contributed by atoms with Crippen molar-refractivity contribution in [3.63, 3.8) is 0 Å². The van der Waals surface area contributed by atoms with Crippen LogP contribution in [0.5, 0.6) is 5.75 Å². The van der Waals surface area contributed by atoms with Crippen molar-refractivity contribution in [3.8, 4) is 5.75 Å². The fraction of sp³-hybridized carbons (Fsp3) is 0.381. The third-order valence-corrected chi connectivity index (χ3v) is 6.13. The second-order valence-corrected chi connectivity index (χ2v) is 7.91. The number of hydrogen-bond acceptors (Lipinski definition) is 4. The minimum Gasteiger partial charge on any atom is -0.484 e. The molecular formula is C21H25F2NO4S. The molecule has 2 aromatic carbocycles. The summed E-state index contributed by atoms with van der Waals surface area (Å²) in [4.78, 5) is 13.8. The highest BCUT2D eigenvalue weighted by Gasteiger charge is 2.32. The van der Waals surface area contributed by atoms with Crippen LogP contribution in [0.4, 0.5) is 8.78 Å². The number of aliphatic hydroxyl groups is 1. The van der Waals surface area contributed by atoms with Crippen LogP contribution in [-0.4, -0.2) is 45.1 Å². The number of amides is 1. The average molecular weight is 425 g/mol. The van der Waals surface area contributed by atoms with Crippen molar-refractivity contribution in [3.05, 3.63) is 59.7 Å². The number of likely N-dealkylation sites (tertiary alicyclic amines) is 1. The van der Waals surface area contributed by atoms with Gasteiger partial charge in [-0.3, -0.25) is 9.00 Å². The number of hydrogen-bond donors (Lipinski definition) is 1. The molecule has 1 N–H and O–H groups in total. The van der Waals surface area contributed by atoms with Crippen LogP contribution >= 0.6 is 0 Å². The van der Waals surface area contributed by atoms with Crippen LogP contribution in [0.1, 0.15) is 25.8 Å². The van der Waals surface area contributed by atoms with Crippen LogP contribution in [0.2, 0.25) is 0 Å². The van der Waals surface area contributed by atoms with Gasteiger partial charge in [0.1, 0.15) is 17.4 Å². The van der Waals surface area contributed by atoms with Crippen molar-refractivity contribution in [2.24, 2.45) is 0 Å². The van der Waals surface area contributed by atoms with Gasteiger partial charge in [-0.25, -0.2) is 8.78 Å². The smallest absolute Gasteiger partial charge is 0.260 e. The van der Waals surface area contributed by atoms with E-state index in [-0.39, 0.29) is 30.6 Å². The molecule has 3 rings (SSSR count). The van der Waals surface area contributed by atoms with Crippen LogP contribution in [0, 0.1) is 11.6 Å². The lowest BCUT2D eigenvalue weighted by atomic mass is 10.2. The SMILES string of the molecule is CC.O=C(COc1ccc(CO)cc1)N1CCC(S(=O)c2ccc(F)cc2F)C1. The highest BCUT2D eigenvalue weighted by Crippen LogP contribution is 2.23. The largest absolute Gasteiger partial charge is 0.484 e. The lowest BCUT2D eigenvalue weighted by Gasteiger charge is -2.17. The van der Waals surface area contributed by atoms with E-state index < -0.39 is 27.7 Å². The monoisotopic (exact) mass is 425 g/mol. The molecule has 0 spiro atoms. The first kappa shape index (κ1) is 23.0. The zero-order valence-electron chi connectivity index (χ0n) is 16.4. The minimum atomic E-state index is -1.66. The minimum absolute atomic E-state index is 0.0454. The summed E-state index contributed by atoms with van der Waals surface area (Å²) in [5.41, 5.74) is 0.742. The molecule has 1 fully saturated rings. The first-order chi connectivity index (χ1) is 14.0. The summed E-state index contributed by atoms with van der Waals surface area (Å²) in [5, 5.41) is 8.60. The molecule has 0 radical (unpaired) electrons. The lowest BCUT2D eigenvalue weighted by Crippen LogP contribution is -2.34. The van der Waals surface area contributed by atoms with Crippen molar-refractivity contribution in [2.45, 2.75) is 37.0 Å². The Morgan fingerprint density at radius 1 is 1.21 bits per heavy atom. The molecule has 29 heavy (non-hydrogen) atoms. The van der Waals surface area contributed by atoms with E-state index in [2.05, 4.69) is 0 Å². The lowest BCUT2D eigenvalue weighted by molar-refractivity contribution is -0.132. The maximum atomic E-state index is 13.8. The van der Waals surface area contributed by atoms with E-state index in [1.54, 1.807) is 24.3 Å². The molecule has 2 aromatic rings. The van der Waals surface area contributed by atoms with Crippen molar-refractivity contribution >= 4 is 16.7 Å². The van der Waals surface area contributed by atoms with Gasteiger partial charge in [-0.15, -0.1) is 0 Å². The Morgan fingerprint density at radius 3 is 2.52 bits per heavy atom. The number of carbonyl (C=O) groups is 1. The van der Waals surface area contributed by atoms with Gasteiger partial charge in [0.05, 0.1) is 27.6 Å². The van der Waals surface area contributed by atoms with Gasteiger partial charge in [0.2, 0.25) is 0 Å². The van der Waals surface area contributed by atoms with E-state index in [1.165, 1.54) is 11.0 Å². The molecule has 1 heterocycles. The molecular weight excluding hydrogens is 400 g/mol. The van der Waals surface area contributed by atoms with Crippen molar-refractivity contribution in [1.29, 1.82) is 0 Å². The fourth-order valence-electron chi connectivity index (χ4n) is 2.87. The van der Waals surface area contributed by atoms with Crippen molar-refractivity contribution in [2.75, 3.05) is 19.7 Å². The second-order valence-electron chi connectivity index (χ2n) is 6.21. The first-order valence-corrected chi connectivity index (χ1v) is 10.6. The van der Waals surface area contributed by atoms with Crippen molar-refractivity contribution < 1.29 is 27.6 Å². The molecule has 158 valence electrons. The predicted molar refractivity (Wildman–Crippen MR) is 107 cm³/mol. The summed E-state index contributed by atoms with van der Waals surface area (Å²) < 4.78 is 44.8. The maximum absolute atomic E-state index is 13.8. The molecule has 0 aliphatic carbocycles. The Labute approximate surface area is 171 Å². The summed E-state index contributed by atoms with van der Waals surface area (Å²) >= 11 is 0. The third-order valence-electron chi connectivity index (χ3n) is 4.38. The van der Waals surface area contributed by atoms with E-state index in [1.807, 2.05) is 13.8 Å². The number of carbonyl (C=O) groups excluding carboxylic acids is 1. The number of halogens is 2. The average Bonchev–Trinajstić information content (AvgIpc) is 3.24. The molecule has 5 nitrogen and oxygen atoms in total. The Kier molecular flexibility index (Phi) is 8.72. The van der Waals surface area contributed by atoms with Gasteiger partial charge in [-0.1, -0.05) is 26.0 Å². The molecule has 2 unspecified atom stereocenters. The number of aliphatic hydroxyl groups excluding tert-OH is 1. The summed E-state index contributed by atoms with van der Waals surface area (Å²) in [6.45, 7) is 4.41. The molecule has 2 atom stereocenters. The van der Waals surface area contributed by atoms with Crippen LogP contribution in [-0.2, 0) is 22.2 Å². The maximum Gasteiger partial charge on any atom is 0.260 e. The number of rotatable bonds is 6. The first-order valence-electron chi connectivity index (χ1n) is 9.44. The van der Waals surface area contributed by atoms with Crippen LogP contribution in [0.15, 0.2) is 47.4 Å². The highest BCUT2D eigenvalue weighted by atomic mass is 32.2. The van der Waals surface area contributed by atoms with Gasteiger partial charge < -0.3 is 14.7 Å². The van der Waals surface area contributed by atoms with E-state index in [0.717, 1.165) is 11.6 Å². The quantitative estimate of drug-likeness (QED) is 0.772. The summed E-state index contributed by atoms with van der Waals surface area (Å²) in [7, 11) is -1.66. The van der Waals surface area contributed by atoms with Crippen molar-refractivity contribution in [1.82, 2.24) is 4.90 Å². The predicted octanol–water partition coefficient (Wildman–Crippen LogP) is 3.27. The Hall–Kier alpha value is -2.32. The number of nitrogens with zero attached hydrogens (tertiary/aromatic N) is 1.